The Morgan fingerprint density at radius 3 is 2.44 bits per heavy atom. The normalized spacial score (nSPS) is 15.6. The average Bonchev–Trinajstić information content (AvgIpc) is 2.62. The summed E-state index contributed by atoms with van der Waals surface area (Å²) in [5.41, 5.74) is 6.52. The number of amides is 1. The number of carbonyl (C=O) groups excluding carboxylic acids is 2. The van der Waals surface area contributed by atoms with Crippen molar-refractivity contribution in [2.75, 3.05) is 26.1 Å². The minimum atomic E-state index is -0.518. The van der Waals surface area contributed by atoms with E-state index in [0.717, 1.165) is 25.7 Å². The fourth-order valence-electron chi connectivity index (χ4n) is 3.33. The predicted molar refractivity (Wildman–Crippen MR) is 99.4 cm³/mol. The molecule has 1 aliphatic rings. The second-order valence-electron chi connectivity index (χ2n) is 6.39. The maximum absolute atomic E-state index is 12.5. The minimum Gasteiger partial charge on any atom is -0.497 e. The lowest BCUT2D eigenvalue weighted by atomic mass is 9.71. The number of hydrogen-bond donors (Lipinski definition) is 2. The Morgan fingerprint density at radius 1 is 1.20 bits per heavy atom. The van der Waals surface area contributed by atoms with Crippen molar-refractivity contribution in [1.29, 1.82) is 0 Å². The number of nitrogens with two attached hydrogens (primary N) is 1. The minimum absolute atomic E-state index is 0. The van der Waals surface area contributed by atoms with E-state index in [4.69, 9.17) is 15.2 Å². The molecule has 1 aliphatic carbocycles. The maximum atomic E-state index is 12.5. The Kier molecular flexibility index (Phi) is 8.19. The van der Waals surface area contributed by atoms with E-state index in [9.17, 15) is 9.59 Å². The summed E-state index contributed by atoms with van der Waals surface area (Å²) in [4.78, 5) is 24.5. The van der Waals surface area contributed by atoms with Crippen LogP contribution in [0.15, 0.2) is 18.2 Å². The molecule has 0 spiro atoms. The lowest BCUT2D eigenvalue weighted by Gasteiger charge is -2.35. The van der Waals surface area contributed by atoms with Gasteiger partial charge in [0.25, 0.3) is 0 Å². The van der Waals surface area contributed by atoms with Crippen LogP contribution in [0.25, 0.3) is 0 Å². The van der Waals surface area contributed by atoms with Crippen LogP contribution in [-0.4, -0.2) is 32.6 Å². The molecular formula is C18H27ClN2O4. The molecule has 1 fully saturated rings. The zero-order valence-corrected chi connectivity index (χ0v) is 15.6. The summed E-state index contributed by atoms with van der Waals surface area (Å²) >= 11 is 0. The second kappa shape index (κ2) is 9.63. The highest BCUT2D eigenvalue weighted by Crippen LogP contribution is 2.38. The summed E-state index contributed by atoms with van der Waals surface area (Å²) in [7, 11) is 2.82. The molecule has 0 aromatic heterocycles. The summed E-state index contributed by atoms with van der Waals surface area (Å²) < 4.78 is 9.91. The van der Waals surface area contributed by atoms with Crippen molar-refractivity contribution >= 4 is 30.0 Å². The van der Waals surface area contributed by atoms with Gasteiger partial charge in [0.05, 0.1) is 25.5 Å². The highest BCUT2D eigenvalue weighted by molar-refractivity contribution is 6.01. The molecule has 0 radical (unpaired) electrons. The van der Waals surface area contributed by atoms with Gasteiger partial charge in [-0.1, -0.05) is 19.3 Å². The van der Waals surface area contributed by atoms with E-state index < -0.39 is 5.97 Å². The van der Waals surface area contributed by atoms with Crippen molar-refractivity contribution in [3.05, 3.63) is 23.8 Å². The first kappa shape index (κ1) is 21.3. The molecule has 1 aromatic rings. The molecule has 0 bridgehead atoms. The number of anilines is 1. The number of halogens is 1. The Morgan fingerprint density at radius 2 is 1.88 bits per heavy atom. The monoisotopic (exact) mass is 370 g/mol. The number of esters is 1. The zero-order chi connectivity index (χ0) is 17.6. The fraction of sp³-hybridized carbons (Fsp3) is 0.556. The third-order valence-electron chi connectivity index (χ3n) is 4.79. The van der Waals surface area contributed by atoms with E-state index in [1.165, 1.54) is 20.6 Å². The quantitative estimate of drug-likeness (QED) is 0.750. The third-order valence-corrected chi connectivity index (χ3v) is 4.79. The molecule has 6 nitrogen and oxygen atoms in total. The molecule has 25 heavy (non-hydrogen) atoms. The van der Waals surface area contributed by atoms with E-state index in [2.05, 4.69) is 5.32 Å². The van der Waals surface area contributed by atoms with Gasteiger partial charge in [-0.2, -0.15) is 0 Å². The Balaban J connectivity index is 0.00000312. The summed E-state index contributed by atoms with van der Waals surface area (Å²) in [6.45, 7) is 0.507. The summed E-state index contributed by atoms with van der Waals surface area (Å²) in [6.07, 6.45) is 5.75. The van der Waals surface area contributed by atoms with E-state index in [0.29, 0.717) is 24.4 Å². The molecule has 2 rings (SSSR count). The lowest BCUT2D eigenvalue weighted by molar-refractivity contribution is -0.118. The van der Waals surface area contributed by atoms with Crippen LogP contribution in [0, 0.1) is 5.41 Å². The maximum Gasteiger partial charge on any atom is 0.340 e. The van der Waals surface area contributed by atoms with Gasteiger partial charge in [0.2, 0.25) is 5.91 Å². The van der Waals surface area contributed by atoms with Gasteiger partial charge < -0.3 is 20.5 Å². The van der Waals surface area contributed by atoms with Gasteiger partial charge in [-0.3, -0.25) is 4.79 Å². The number of hydrogen-bond acceptors (Lipinski definition) is 5. The molecule has 3 N–H and O–H groups in total. The average molecular weight is 371 g/mol. The van der Waals surface area contributed by atoms with Gasteiger partial charge in [0.15, 0.2) is 0 Å². The van der Waals surface area contributed by atoms with Crippen LogP contribution in [0.5, 0.6) is 5.75 Å². The molecule has 1 amide bonds. The highest BCUT2D eigenvalue weighted by Gasteiger charge is 2.33. The summed E-state index contributed by atoms with van der Waals surface area (Å²) in [6, 6.07) is 4.90. The number of nitrogens with one attached hydrogen (secondary N) is 1. The van der Waals surface area contributed by atoms with Crippen LogP contribution >= 0.6 is 12.4 Å². The van der Waals surface area contributed by atoms with E-state index in [1.54, 1.807) is 18.2 Å². The molecule has 140 valence electrons. The Labute approximate surface area is 154 Å². The molecule has 0 heterocycles. The Bertz CT molecular complexity index is 601. The van der Waals surface area contributed by atoms with Gasteiger partial charge in [-0.05, 0) is 43.0 Å². The van der Waals surface area contributed by atoms with Crippen molar-refractivity contribution in [2.45, 2.75) is 38.5 Å². The standard InChI is InChI=1S/C18H26N2O4.ClH/c1-23-13-6-7-15(14(10-13)17(22)24-2)20-16(21)11-18(12-19)8-4-3-5-9-18;/h6-7,10H,3-5,8-9,11-12,19H2,1-2H3,(H,20,21);1H. The third kappa shape index (κ3) is 5.34. The van der Waals surface area contributed by atoms with Gasteiger partial charge in [-0.15, -0.1) is 12.4 Å². The van der Waals surface area contributed by atoms with E-state index in [-0.39, 0.29) is 29.3 Å². The van der Waals surface area contributed by atoms with Crippen LogP contribution in [0.4, 0.5) is 5.69 Å². The number of carbonyl (C=O) groups is 2. The van der Waals surface area contributed by atoms with Crippen molar-refractivity contribution in [2.24, 2.45) is 11.1 Å². The number of benzene rings is 1. The van der Waals surface area contributed by atoms with Crippen molar-refractivity contribution in [3.63, 3.8) is 0 Å². The van der Waals surface area contributed by atoms with Gasteiger partial charge in [0.1, 0.15) is 5.75 Å². The van der Waals surface area contributed by atoms with E-state index in [1.807, 2.05) is 0 Å². The highest BCUT2D eigenvalue weighted by atomic mass is 35.5. The van der Waals surface area contributed by atoms with Crippen LogP contribution in [0.1, 0.15) is 48.9 Å². The number of ether oxygens (including phenoxy) is 2. The van der Waals surface area contributed by atoms with Crippen molar-refractivity contribution in [1.82, 2.24) is 0 Å². The molecule has 0 atom stereocenters. The first-order valence-electron chi connectivity index (χ1n) is 8.30. The molecule has 1 saturated carbocycles. The number of methoxy groups -OCH3 is 2. The van der Waals surface area contributed by atoms with Crippen molar-refractivity contribution in [3.8, 4) is 5.75 Å². The Hall–Kier alpha value is -1.79. The van der Waals surface area contributed by atoms with Crippen LogP contribution in [-0.2, 0) is 9.53 Å². The fourth-order valence-corrected chi connectivity index (χ4v) is 3.33. The summed E-state index contributed by atoms with van der Waals surface area (Å²) in [5.74, 6) is -0.118. The topological polar surface area (TPSA) is 90.6 Å². The predicted octanol–water partition coefficient (Wildman–Crippen LogP) is 3.14. The molecule has 1 aromatic carbocycles. The van der Waals surface area contributed by atoms with Gasteiger partial charge >= 0.3 is 5.97 Å². The first-order valence-corrected chi connectivity index (χ1v) is 8.30. The molecule has 0 unspecified atom stereocenters. The van der Waals surface area contributed by atoms with Crippen molar-refractivity contribution < 1.29 is 19.1 Å². The molecule has 0 aliphatic heterocycles. The van der Waals surface area contributed by atoms with Gasteiger partial charge in [0, 0.05) is 6.42 Å². The van der Waals surface area contributed by atoms with Gasteiger partial charge in [-0.25, -0.2) is 4.79 Å². The van der Waals surface area contributed by atoms with Crippen LogP contribution in [0.2, 0.25) is 0 Å². The van der Waals surface area contributed by atoms with E-state index >= 15 is 0 Å². The second-order valence-corrected chi connectivity index (χ2v) is 6.39. The SMILES string of the molecule is COC(=O)c1cc(OC)ccc1NC(=O)CC1(CN)CCCCC1.Cl. The first-order chi connectivity index (χ1) is 11.5. The van der Waals surface area contributed by atoms with Crippen LogP contribution in [0.3, 0.4) is 0 Å². The smallest absolute Gasteiger partial charge is 0.340 e. The number of rotatable bonds is 6. The largest absolute Gasteiger partial charge is 0.497 e. The molecular weight excluding hydrogens is 344 g/mol. The molecule has 0 saturated heterocycles. The van der Waals surface area contributed by atoms with Crippen LogP contribution < -0.4 is 15.8 Å². The molecule has 7 heteroatoms. The lowest BCUT2D eigenvalue weighted by Crippen LogP contribution is -2.36. The summed E-state index contributed by atoms with van der Waals surface area (Å²) in [5, 5.41) is 2.83. The zero-order valence-electron chi connectivity index (χ0n) is 14.8.